The van der Waals surface area contributed by atoms with Gasteiger partial charge in [0.25, 0.3) is 5.91 Å². The molecule has 1 aliphatic rings. The molecule has 1 atom stereocenters. The molecule has 8 heteroatoms. The van der Waals surface area contributed by atoms with Gasteiger partial charge in [0.15, 0.2) is 0 Å². The van der Waals surface area contributed by atoms with Crippen LogP contribution in [-0.2, 0) is 9.53 Å². The van der Waals surface area contributed by atoms with Crippen LogP contribution < -0.4 is 5.32 Å². The number of carboxylic acids is 1. The molecule has 1 aromatic heterocycles. The Bertz CT molecular complexity index is 1140. The smallest absolute Gasteiger partial charge is 0.411 e. The van der Waals surface area contributed by atoms with Gasteiger partial charge in [-0.05, 0) is 29.2 Å². The fourth-order valence-electron chi connectivity index (χ4n) is 3.82. The van der Waals surface area contributed by atoms with E-state index in [4.69, 9.17) is 14.3 Å². The van der Waals surface area contributed by atoms with E-state index in [-0.39, 0.29) is 24.0 Å². The molecule has 4 rings (SSSR count). The second-order valence-electron chi connectivity index (χ2n) is 7.54. The number of carbonyl (C=O) groups is 3. The van der Waals surface area contributed by atoms with E-state index < -0.39 is 24.0 Å². The van der Waals surface area contributed by atoms with Gasteiger partial charge in [-0.2, -0.15) is 0 Å². The standard InChI is InChI=1S/C24H22N2O6/c1-14(23(28)29)26(2)22(27)21-20(11-12-31-21)25-24(30)32-13-19-17-9-5-3-7-15(17)16-8-4-6-10-18(16)19/h3-12,14,19H,13H2,1-2H3,(H,25,30)(H,28,29). The normalized spacial score (nSPS) is 13.1. The van der Waals surface area contributed by atoms with Gasteiger partial charge in [0, 0.05) is 19.0 Å². The van der Waals surface area contributed by atoms with Crippen LogP contribution in [0.1, 0.15) is 34.5 Å². The van der Waals surface area contributed by atoms with Gasteiger partial charge in [-0.15, -0.1) is 0 Å². The van der Waals surface area contributed by atoms with E-state index in [0.717, 1.165) is 27.2 Å². The van der Waals surface area contributed by atoms with Crippen LogP contribution in [0.3, 0.4) is 0 Å². The van der Waals surface area contributed by atoms with Crippen LogP contribution in [-0.4, -0.2) is 47.7 Å². The first-order valence-corrected chi connectivity index (χ1v) is 10.1. The fraction of sp³-hybridized carbons (Fsp3) is 0.208. The number of nitrogens with one attached hydrogen (secondary N) is 1. The van der Waals surface area contributed by atoms with Crippen molar-refractivity contribution in [3.63, 3.8) is 0 Å². The Labute approximate surface area is 184 Å². The van der Waals surface area contributed by atoms with E-state index >= 15 is 0 Å². The van der Waals surface area contributed by atoms with E-state index in [0.29, 0.717) is 0 Å². The van der Waals surface area contributed by atoms with Gasteiger partial charge in [-0.3, -0.25) is 10.1 Å². The highest BCUT2D eigenvalue weighted by molar-refractivity contribution is 6.01. The van der Waals surface area contributed by atoms with Crippen LogP contribution in [0.15, 0.2) is 65.3 Å². The summed E-state index contributed by atoms with van der Waals surface area (Å²) in [5.74, 6) is -2.09. The Kier molecular flexibility index (Phi) is 5.68. The minimum absolute atomic E-state index is 0.0962. The van der Waals surface area contributed by atoms with Crippen molar-refractivity contribution < 1.29 is 28.6 Å². The Hall–Kier alpha value is -4.07. The summed E-state index contributed by atoms with van der Waals surface area (Å²) in [4.78, 5) is 37.2. The zero-order valence-corrected chi connectivity index (χ0v) is 17.6. The lowest BCUT2D eigenvalue weighted by Gasteiger charge is -2.20. The molecule has 164 valence electrons. The lowest BCUT2D eigenvalue weighted by Crippen LogP contribution is -2.40. The number of likely N-dealkylation sites (N-methyl/N-ethyl adjacent to an activating group) is 1. The molecule has 0 aliphatic heterocycles. The lowest BCUT2D eigenvalue weighted by molar-refractivity contribution is -0.141. The van der Waals surface area contributed by atoms with Crippen molar-refractivity contribution in [1.29, 1.82) is 0 Å². The first kappa shape index (κ1) is 21.2. The van der Waals surface area contributed by atoms with Crippen LogP contribution in [0.25, 0.3) is 11.1 Å². The van der Waals surface area contributed by atoms with Crippen molar-refractivity contribution in [3.8, 4) is 11.1 Å². The van der Waals surface area contributed by atoms with Gasteiger partial charge in [-0.1, -0.05) is 48.5 Å². The van der Waals surface area contributed by atoms with Gasteiger partial charge < -0.3 is 19.2 Å². The number of furan rings is 1. The minimum atomic E-state index is -1.15. The molecular formula is C24H22N2O6. The van der Waals surface area contributed by atoms with Crippen molar-refractivity contribution in [3.05, 3.63) is 77.7 Å². The third-order valence-electron chi connectivity index (χ3n) is 5.70. The third-order valence-corrected chi connectivity index (χ3v) is 5.70. The second-order valence-corrected chi connectivity index (χ2v) is 7.54. The van der Waals surface area contributed by atoms with Gasteiger partial charge in [0.05, 0.1) is 12.0 Å². The zero-order valence-electron chi connectivity index (χ0n) is 17.6. The molecule has 0 fully saturated rings. The average Bonchev–Trinajstić information content (AvgIpc) is 3.38. The lowest BCUT2D eigenvalue weighted by atomic mass is 9.98. The number of aliphatic carboxylic acids is 1. The molecular weight excluding hydrogens is 412 g/mol. The largest absolute Gasteiger partial charge is 0.480 e. The van der Waals surface area contributed by atoms with E-state index in [2.05, 4.69) is 5.32 Å². The van der Waals surface area contributed by atoms with Crippen LogP contribution in [0, 0.1) is 0 Å². The van der Waals surface area contributed by atoms with Crippen molar-refractivity contribution in [2.24, 2.45) is 0 Å². The molecule has 0 saturated heterocycles. The van der Waals surface area contributed by atoms with Gasteiger partial charge in [-0.25, -0.2) is 9.59 Å². The molecule has 2 N–H and O–H groups in total. The van der Waals surface area contributed by atoms with E-state index in [9.17, 15) is 14.4 Å². The number of benzene rings is 2. The highest BCUT2D eigenvalue weighted by Crippen LogP contribution is 2.44. The Morgan fingerprint density at radius 1 is 1.06 bits per heavy atom. The summed E-state index contributed by atoms with van der Waals surface area (Å²) in [7, 11) is 1.35. The molecule has 2 aromatic carbocycles. The molecule has 1 aliphatic carbocycles. The predicted octanol–water partition coefficient (Wildman–Crippen LogP) is 4.19. The monoisotopic (exact) mass is 434 g/mol. The molecule has 1 heterocycles. The van der Waals surface area contributed by atoms with Crippen LogP contribution in [0.5, 0.6) is 0 Å². The number of amides is 2. The van der Waals surface area contributed by atoms with Crippen LogP contribution in [0.2, 0.25) is 0 Å². The zero-order chi connectivity index (χ0) is 22.8. The van der Waals surface area contributed by atoms with Crippen molar-refractivity contribution in [1.82, 2.24) is 4.90 Å². The van der Waals surface area contributed by atoms with Gasteiger partial charge in [0.2, 0.25) is 5.76 Å². The number of carbonyl (C=O) groups excluding carboxylic acids is 2. The topological polar surface area (TPSA) is 109 Å². The van der Waals surface area contributed by atoms with E-state index in [1.807, 2.05) is 48.5 Å². The summed E-state index contributed by atoms with van der Waals surface area (Å²) in [5.41, 5.74) is 4.53. The first-order chi connectivity index (χ1) is 15.4. The van der Waals surface area contributed by atoms with E-state index in [1.165, 1.54) is 26.3 Å². The first-order valence-electron chi connectivity index (χ1n) is 10.1. The minimum Gasteiger partial charge on any atom is -0.480 e. The van der Waals surface area contributed by atoms with E-state index in [1.54, 1.807) is 0 Å². The molecule has 32 heavy (non-hydrogen) atoms. The number of fused-ring (bicyclic) bond motifs is 3. The predicted molar refractivity (Wildman–Crippen MR) is 117 cm³/mol. The highest BCUT2D eigenvalue weighted by atomic mass is 16.5. The maximum Gasteiger partial charge on any atom is 0.411 e. The summed E-state index contributed by atoms with van der Waals surface area (Å²) >= 11 is 0. The summed E-state index contributed by atoms with van der Waals surface area (Å²) in [6.07, 6.45) is 0.502. The Morgan fingerprint density at radius 3 is 2.25 bits per heavy atom. The SMILES string of the molecule is CC(C(=O)O)N(C)C(=O)c1occc1NC(=O)OCC1c2ccccc2-c2ccccc21. The Balaban J connectivity index is 1.45. The molecule has 3 aromatic rings. The Morgan fingerprint density at radius 2 is 1.66 bits per heavy atom. The number of anilines is 1. The molecule has 0 radical (unpaired) electrons. The third kappa shape index (κ3) is 3.82. The maximum atomic E-state index is 12.6. The summed E-state index contributed by atoms with van der Waals surface area (Å²) in [6.45, 7) is 1.50. The second kappa shape index (κ2) is 8.58. The fourth-order valence-corrected chi connectivity index (χ4v) is 3.82. The molecule has 8 nitrogen and oxygen atoms in total. The number of carboxylic acid groups (broad SMARTS) is 1. The van der Waals surface area contributed by atoms with Crippen LogP contribution >= 0.6 is 0 Å². The number of ether oxygens (including phenoxy) is 1. The average molecular weight is 434 g/mol. The van der Waals surface area contributed by atoms with Crippen molar-refractivity contribution in [2.45, 2.75) is 18.9 Å². The van der Waals surface area contributed by atoms with Crippen LogP contribution in [0.4, 0.5) is 10.5 Å². The van der Waals surface area contributed by atoms with Gasteiger partial charge in [0.1, 0.15) is 12.6 Å². The molecule has 0 bridgehead atoms. The number of hydrogen-bond donors (Lipinski definition) is 2. The van der Waals surface area contributed by atoms with Crippen molar-refractivity contribution in [2.75, 3.05) is 19.0 Å². The van der Waals surface area contributed by atoms with Crippen molar-refractivity contribution >= 4 is 23.7 Å². The molecule has 2 amide bonds. The highest BCUT2D eigenvalue weighted by Gasteiger charge is 2.30. The number of nitrogens with zero attached hydrogens (tertiary/aromatic N) is 1. The maximum absolute atomic E-state index is 12.6. The van der Waals surface area contributed by atoms with Gasteiger partial charge >= 0.3 is 12.1 Å². The number of rotatable bonds is 6. The molecule has 0 saturated carbocycles. The quantitative estimate of drug-likeness (QED) is 0.602. The summed E-state index contributed by atoms with van der Waals surface area (Å²) in [5, 5.41) is 11.6. The molecule has 1 unspecified atom stereocenters. The number of hydrogen-bond acceptors (Lipinski definition) is 5. The molecule has 0 spiro atoms. The summed E-state index contributed by atoms with van der Waals surface area (Å²) in [6, 6.07) is 16.4. The summed E-state index contributed by atoms with van der Waals surface area (Å²) < 4.78 is 10.7.